The number of hydrogen-bond donors (Lipinski definition) is 0. The van der Waals surface area contributed by atoms with Crippen LogP contribution < -0.4 is 4.74 Å². The highest BCUT2D eigenvalue weighted by molar-refractivity contribution is 6.10. The highest BCUT2D eigenvalue weighted by atomic mass is 19.4. The number of fused-ring (bicyclic) bond motifs is 1. The number of Topliss-reactive ketones (excluding diaryl/α,β-unsaturated/α-hetero) is 1. The normalized spacial score (nSPS) is 15.9. The number of para-hydroxylation sites is 2. The molecule has 0 spiro atoms. The summed E-state index contributed by atoms with van der Waals surface area (Å²) in [6.07, 6.45) is -0.610. The molecule has 4 rings (SSSR count). The summed E-state index contributed by atoms with van der Waals surface area (Å²) in [6.45, 7) is 3.39. The molecular formula is C25H27F3N2O2. The Balaban J connectivity index is 1.36. The predicted octanol–water partition coefficient (Wildman–Crippen LogP) is 5.66. The van der Waals surface area contributed by atoms with Gasteiger partial charge in [-0.3, -0.25) is 4.79 Å². The number of halogens is 3. The molecule has 1 fully saturated rings. The Hall–Kier alpha value is -2.80. The topological polar surface area (TPSA) is 34.5 Å². The van der Waals surface area contributed by atoms with Crippen molar-refractivity contribution in [3.05, 3.63) is 65.9 Å². The van der Waals surface area contributed by atoms with E-state index in [4.69, 9.17) is 4.74 Å². The van der Waals surface area contributed by atoms with E-state index in [0.717, 1.165) is 44.6 Å². The van der Waals surface area contributed by atoms with Crippen molar-refractivity contribution in [2.24, 2.45) is 0 Å². The van der Waals surface area contributed by atoms with Gasteiger partial charge in [0.15, 0.2) is 0 Å². The summed E-state index contributed by atoms with van der Waals surface area (Å²) in [4.78, 5) is 14.3. The Bertz CT molecular complexity index is 1080. The highest BCUT2D eigenvalue weighted by Gasteiger charge is 2.40. The van der Waals surface area contributed by atoms with E-state index in [0.29, 0.717) is 23.4 Å². The van der Waals surface area contributed by atoms with Gasteiger partial charge < -0.3 is 14.2 Å². The second-order valence-corrected chi connectivity index (χ2v) is 8.29. The summed E-state index contributed by atoms with van der Waals surface area (Å²) in [7, 11) is 1.70. The van der Waals surface area contributed by atoms with Crippen molar-refractivity contribution in [3.8, 4) is 5.75 Å². The zero-order valence-electron chi connectivity index (χ0n) is 18.1. The van der Waals surface area contributed by atoms with Crippen LogP contribution in [0.2, 0.25) is 0 Å². The molecule has 3 aromatic rings. The summed E-state index contributed by atoms with van der Waals surface area (Å²) >= 11 is 0. The number of benzene rings is 2. The predicted molar refractivity (Wildman–Crippen MR) is 118 cm³/mol. The van der Waals surface area contributed by atoms with Crippen LogP contribution in [-0.2, 0) is 6.54 Å². The molecule has 1 aromatic heterocycles. The molecule has 170 valence electrons. The van der Waals surface area contributed by atoms with Gasteiger partial charge in [-0.25, -0.2) is 0 Å². The van der Waals surface area contributed by atoms with Gasteiger partial charge in [-0.05, 0) is 62.5 Å². The number of likely N-dealkylation sites (tertiary alicyclic amines) is 1. The largest absolute Gasteiger partial charge is 0.496 e. The van der Waals surface area contributed by atoms with Gasteiger partial charge in [0.1, 0.15) is 5.75 Å². The van der Waals surface area contributed by atoms with E-state index in [2.05, 4.69) is 11.0 Å². The van der Waals surface area contributed by atoms with E-state index in [1.54, 1.807) is 35.9 Å². The first-order valence-corrected chi connectivity index (χ1v) is 10.9. The third kappa shape index (κ3) is 4.67. The van der Waals surface area contributed by atoms with Gasteiger partial charge in [0.2, 0.25) is 0 Å². The van der Waals surface area contributed by atoms with Crippen LogP contribution in [0.25, 0.3) is 10.9 Å². The third-order valence-electron chi connectivity index (χ3n) is 6.33. The van der Waals surface area contributed by atoms with Crippen molar-refractivity contribution in [3.63, 3.8) is 0 Å². The number of alkyl halides is 3. The minimum atomic E-state index is -4.87. The molecule has 1 aliphatic heterocycles. The van der Waals surface area contributed by atoms with Gasteiger partial charge in [-0.1, -0.05) is 36.4 Å². The van der Waals surface area contributed by atoms with Crippen molar-refractivity contribution in [1.29, 1.82) is 0 Å². The molecule has 0 unspecified atom stereocenters. The molecule has 0 bridgehead atoms. The fourth-order valence-electron chi connectivity index (χ4n) is 4.70. The molecule has 7 heteroatoms. The number of aryl methyl sites for hydroxylation is 1. The van der Waals surface area contributed by atoms with Crippen LogP contribution in [0.4, 0.5) is 13.2 Å². The monoisotopic (exact) mass is 444 g/mol. The van der Waals surface area contributed by atoms with Crippen LogP contribution in [0.3, 0.4) is 0 Å². The quantitative estimate of drug-likeness (QED) is 0.441. The van der Waals surface area contributed by atoms with Crippen LogP contribution in [-0.4, -0.2) is 48.2 Å². The summed E-state index contributed by atoms with van der Waals surface area (Å²) in [5.74, 6) is -0.368. The van der Waals surface area contributed by atoms with E-state index in [1.165, 1.54) is 11.8 Å². The summed E-state index contributed by atoms with van der Waals surface area (Å²) < 4.78 is 46.3. The van der Waals surface area contributed by atoms with E-state index in [1.807, 2.05) is 18.2 Å². The second-order valence-electron chi connectivity index (χ2n) is 8.29. The van der Waals surface area contributed by atoms with Gasteiger partial charge in [-0.15, -0.1) is 0 Å². The van der Waals surface area contributed by atoms with Crippen LogP contribution in [0.1, 0.15) is 41.1 Å². The molecule has 2 heterocycles. The number of aromatic nitrogens is 1. The Morgan fingerprint density at radius 1 is 1.03 bits per heavy atom. The lowest BCUT2D eigenvalue weighted by molar-refractivity contribution is -0.0884. The summed E-state index contributed by atoms with van der Waals surface area (Å²) in [6, 6.07) is 14.9. The molecule has 1 aliphatic rings. The van der Waals surface area contributed by atoms with E-state index in [9.17, 15) is 18.0 Å². The molecule has 4 nitrogen and oxygen atoms in total. The molecule has 2 aromatic carbocycles. The lowest BCUT2D eigenvalue weighted by atomic mass is 9.89. The standard InChI is InChI=1S/C25H27F3N2O2/c1-32-23-10-5-3-7-19(23)18-11-15-29(16-12-18)13-6-14-30-17-21(24(31)25(26,27)28)20-8-2-4-9-22(20)30/h2-5,7-10,17-18H,6,11-16H2,1H3. The van der Waals surface area contributed by atoms with E-state index in [-0.39, 0.29) is 5.56 Å². The van der Waals surface area contributed by atoms with Crippen LogP contribution in [0.15, 0.2) is 54.7 Å². The molecule has 0 radical (unpaired) electrons. The lowest BCUT2D eigenvalue weighted by Gasteiger charge is -2.32. The molecule has 0 N–H and O–H groups in total. The highest BCUT2D eigenvalue weighted by Crippen LogP contribution is 2.34. The number of rotatable bonds is 7. The van der Waals surface area contributed by atoms with Gasteiger partial charge in [0.05, 0.1) is 12.7 Å². The Kier molecular flexibility index (Phi) is 6.55. The first kappa shape index (κ1) is 22.4. The van der Waals surface area contributed by atoms with Gasteiger partial charge in [0, 0.05) is 23.6 Å². The van der Waals surface area contributed by atoms with Gasteiger partial charge >= 0.3 is 6.18 Å². The van der Waals surface area contributed by atoms with Crippen molar-refractivity contribution >= 4 is 16.7 Å². The lowest BCUT2D eigenvalue weighted by Crippen LogP contribution is -2.34. The van der Waals surface area contributed by atoms with Crippen molar-refractivity contribution in [2.45, 2.75) is 37.9 Å². The Morgan fingerprint density at radius 2 is 1.72 bits per heavy atom. The first-order chi connectivity index (χ1) is 15.4. The number of carbonyl (C=O) groups excluding carboxylic acids is 1. The molecule has 0 aliphatic carbocycles. The zero-order chi connectivity index (χ0) is 22.7. The fraction of sp³-hybridized carbons (Fsp3) is 0.400. The maximum absolute atomic E-state index is 13.0. The average Bonchev–Trinajstić information content (AvgIpc) is 3.17. The van der Waals surface area contributed by atoms with Crippen LogP contribution >= 0.6 is 0 Å². The van der Waals surface area contributed by atoms with Crippen molar-refractivity contribution < 1.29 is 22.7 Å². The van der Waals surface area contributed by atoms with Crippen LogP contribution in [0.5, 0.6) is 5.75 Å². The van der Waals surface area contributed by atoms with Gasteiger partial charge in [-0.2, -0.15) is 13.2 Å². The number of carbonyl (C=O) groups is 1. The molecule has 0 saturated carbocycles. The Morgan fingerprint density at radius 3 is 2.44 bits per heavy atom. The fourth-order valence-corrected chi connectivity index (χ4v) is 4.70. The molecular weight excluding hydrogens is 417 g/mol. The number of hydrogen-bond acceptors (Lipinski definition) is 3. The molecule has 0 atom stereocenters. The van der Waals surface area contributed by atoms with Crippen molar-refractivity contribution in [1.82, 2.24) is 9.47 Å². The number of ketones is 1. The maximum Gasteiger partial charge on any atom is 0.454 e. The average molecular weight is 444 g/mol. The summed E-state index contributed by atoms with van der Waals surface area (Å²) in [5.41, 5.74) is 1.65. The molecule has 32 heavy (non-hydrogen) atoms. The van der Waals surface area contributed by atoms with E-state index < -0.39 is 12.0 Å². The minimum Gasteiger partial charge on any atom is -0.496 e. The number of methoxy groups -OCH3 is 1. The zero-order valence-corrected chi connectivity index (χ0v) is 18.1. The smallest absolute Gasteiger partial charge is 0.454 e. The first-order valence-electron chi connectivity index (χ1n) is 10.9. The van der Waals surface area contributed by atoms with Crippen molar-refractivity contribution in [2.75, 3.05) is 26.7 Å². The van der Waals surface area contributed by atoms with E-state index >= 15 is 0 Å². The summed E-state index contributed by atoms with van der Waals surface area (Å²) in [5, 5.41) is 0.354. The van der Waals surface area contributed by atoms with Crippen LogP contribution in [0, 0.1) is 0 Å². The molecule has 1 saturated heterocycles. The second kappa shape index (κ2) is 9.36. The maximum atomic E-state index is 13.0. The molecule has 0 amide bonds. The number of piperidine rings is 1. The number of ether oxygens (including phenoxy) is 1. The Labute approximate surface area is 185 Å². The number of nitrogens with zero attached hydrogens (tertiary/aromatic N) is 2. The SMILES string of the molecule is COc1ccccc1C1CCN(CCCn2cc(C(=O)C(F)(F)F)c3ccccc32)CC1. The van der Waals surface area contributed by atoms with Gasteiger partial charge in [0.25, 0.3) is 5.78 Å². The minimum absolute atomic E-state index is 0.272. The third-order valence-corrected chi connectivity index (χ3v) is 6.33.